The minimum atomic E-state index is 0.724. The lowest BCUT2D eigenvalue weighted by atomic mass is 9.95. The molecule has 0 aliphatic rings. The summed E-state index contributed by atoms with van der Waals surface area (Å²) in [6, 6.07) is 8.27. The number of rotatable bonds is 2. The molecule has 1 aromatic carbocycles. The molecule has 0 spiro atoms. The summed E-state index contributed by atoms with van der Waals surface area (Å²) < 4.78 is 0. The molecule has 0 aliphatic heterocycles. The van der Waals surface area contributed by atoms with Crippen LogP contribution < -0.4 is 10.3 Å². The van der Waals surface area contributed by atoms with Crippen LogP contribution in [0.5, 0.6) is 0 Å². The quantitative estimate of drug-likeness (QED) is 0.472. The molecule has 0 saturated heterocycles. The van der Waals surface area contributed by atoms with Crippen molar-refractivity contribution in [2.75, 3.05) is 0 Å². The molecule has 1 nitrogen and oxygen atoms in total. The fourth-order valence-corrected chi connectivity index (χ4v) is 0.937. The first kappa shape index (κ1) is 7.64. The van der Waals surface area contributed by atoms with Crippen molar-refractivity contribution in [1.82, 2.24) is 4.84 Å². The highest BCUT2D eigenvalue weighted by atomic mass is 35.5. The Bertz CT molecular complexity index is 197. The van der Waals surface area contributed by atoms with Crippen LogP contribution in [0.3, 0.4) is 0 Å². The van der Waals surface area contributed by atoms with Crippen molar-refractivity contribution in [3.63, 3.8) is 0 Å². The average Bonchev–Trinajstić information content (AvgIpc) is 1.95. The van der Waals surface area contributed by atoms with Crippen LogP contribution in [0.1, 0.15) is 5.56 Å². The van der Waals surface area contributed by atoms with Gasteiger partial charge in [-0.05, 0) is 17.3 Å². The molecule has 0 heterocycles. The van der Waals surface area contributed by atoms with E-state index < -0.39 is 0 Å². The molecule has 10 heavy (non-hydrogen) atoms. The third-order valence-corrected chi connectivity index (χ3v) is 1.53. The Balaban J connectivity index is 2.69. The minimum absolute atomic E-state index is 0.724. The van der Waals surface area contributed by atoms with Crippen molar-refractivity contribution in [1.29, 1.82) is 0 Å². The van der Waals surface area contributed by atoms with Crippen LogP contribution in [-0.2, 0) is 6.54 Å². The van der Waals surface area contributed by atoms with Crippen LogP contribution in [-0.4, -0.2) is 7.85 Å². The molecule has 0 unspecified atom stereocenters. The molecular formula is C7H9BClN. The normalized spacial score (nSPS) is 9.70. The fraction of sp³-hybridized carbons (Fsp3) is 0.143. The molecule has 3 heteroatoms. The Kier molecular flexibility index (Phi) is 2.78. The molecular weight excluding hydrogens is 144 g/mol. The number of nitrogens with one attached hydrogen (secondary N) is 1. The third-order valence-electron chi connectivity index (χ3n) is 1.39. The van der Waals surface area contributed by atoms with Gasteiger partial charge in [0, 0.05) is 6.54 Å². The lowest BCUT2D eigenvalue weighted by Gasteiger charge is -1.97. The van der Waals surface area contributed by atoms with Gasteiger partial charge in [0.1, 0.15) is 7.85 Å². The van der Waals surface area contributed by atoms with E-state index in [2.05, 4.69) is 36.9 Å². The number of halogens is 1. The smallest absolute Gasteiger partial charge is 0.139 e. The summed E-state index contributed by atoms with van der Waals surface area (Å²) in [5.74, 6) is 0. The van der Waals surface area contributed by atoms with Gasteiger partial charge in [0.25, 0.3) is 0 Å². The summed E-state index contributed by atoms with van der Waals surface area (Å²) in [6.07, 6.45) is 0. The number of benzene rings is 1. The van der Waals surface area contributed by atoms with Crippen LogP contribution in [0.4, 0.5) is 0 Å². The monoisotopic (exact) mass is 153 g/mol. The maximum Gasteiger partial charge on any atom is 0.139 e. The SMILES string of the molecule is Bc1ccc(CNCl)cc1. The van der Waals surface area contributed by atoms with E-state index in [-0.39, 0.29) is 0 Å². The number of hydrogen-bond acceptors (Lipinski definition) is 1. The van der Waals surface area contributed by atoms with E-state index in [1.165, 1.54) is 11.0 Å². The van der Waals surface area contributed by atoms with Gasteiger partial charge >= 0.3 is 0 Å². The fourth-order valence-electron chi connectivity index (χ4n) is 0.783. The lowest BCUT2D eigenvalue weighted by molar-refractivity contribution is 0.965. The standard InChI is InChI=1S/C7H9BClN/c8-7-3-1-6(2-4-7)5-10-9/h1-4,10H,5,8H2. The van der Waals surface area contributed by atoms with E-state index in [0.717, 1.165) is 6.54 Å². The Labute approximate surface area is 66.9 Å². The van der Waals surface area contributed by atoms with Crippen molar-refractivity contribution in [3.05, 3.63) is 29.8 Å². The van der Waals surface area contributed by atoms with Crippen LogP contribution >= 0.6 is 11.8 Å². The van der Waals surface area contributed by atoms with E-state index >= 15 is 0 Å². The second kappa shape index (κ2) is 3.64. The highest BCUT2D eigenvalue weighted by Gasteiger charge is 1.88. The molecule has 0 aliphatic carbocycles. The van der Waals surface area contributed by atoms with Crippen LogP contribution in [0.15, 0.2) is 24.3 Å². The summed E-state index contributed by atoms with van der Waals surface area (Å²) in [5.41, 5.74) is 2.49. The Morgan fingerprint density at radius 3 is 2.40 bits per heavy atom. The second-order valence-electron chi connectivity index (χ2n) is 2.30. The van der Waals surface area contributed by atoms with Crippen molar-refractivity contribution in [2.24, 2.45) is 0 Å². The first-order valence-electron chi connectivity index (χ1n) is 3.22. The summed E-state index contributed by atoms with van der Waals surface area (Å²) in [5, 5.41) is 0. The van der Waals surface area contributed by atoms with E-state index in [1.54, 1.807) is 0 Å². The molecule has 0 fully saturated rings. The molecule has 52 valence electrons. The summed E-state index contributed by atoms with van der Waals surface area (Å²) in [4.78, 5) is 2.58. The second-order valence-corrected chi connectivity index (χ2v) is 2.56. The molecule has 0 radical (unpaired) electrons. The zero-order valence-electron chi connectivity index (χ0n) is 5.89. The zero-order valence-corrected chi connectivity index (χ0v) is 6.65. The zero-order chi connectivity index (χ0) is 7.40. The summed E-state index contributed by atoms with van der Waals surface area (Å²) in [7, 11) is 2.07. The summed E-state index contributed by atoms with van der Waals surface area (Å²) in [6.45, 7) is 0.724. The van der Waals surface area contributed by atoms with Gasteiger partial charge in [-0.15, -0.1) is 0 Å². The van der Waals surface area contributed by atoms with Gasteiger partial charge in [0.05, 0.1) is 0 Å². The Morgan fingerprint density at radius 1 is 1.30 bits per heavy atom. The minimum Gasteiger partial charge on any atom is -0.229 e. The Morgan fingerprint density at radius 2 is 1.90 bits per heavy atom. The van der Waals surface area contributed by atoms with Crippen molar-refractivity contribution < 1.29 is 0 Å². The van der Waals surface area contributed by atoms with Gasteiger partial charge in [-0.3, -0.25) is 0 Å². The molecule has 1 rings (SSSR count). The van der Waals surface area contributed by atoms with Gasteiger partial charge in [-0.25, -0.2) is 4.84 Å². The number of hydrogen-bond donors (Lipinski definition) is 1. The third kappa shape index (κ3) is 2.05. The first-order chi connectivity index (χ1) is 4.83. The molecule has 0 aromatic heterocycles. The Hall–Kier alpha value is -0.465. The molecule has 0 saturated carbocycles. The summed E-state index contributed by atoms with van der Waals surface area (Å²) >= 11 is 5.33. The van der Waals surface area contributed by atoms with Gasteiger partial charge < -0.3 is 0 Å². The molecule has 0 atom stereocenters. The highest BCUT2D eigenvalue weighted by molar-refractivity contribution is 6.32. The van der Waals surface area contributed by atoms with Crippen molar-refractivity contribution in [2.45, 2.75) is 6.54 Å². The van der Waals surface area contributed by atoms with E-state index in [4.69, 9.17) is 11.8 Å². The van der Waals surface area contributed by atoms with E-state index in [1.807, 2.05) is 0 Å². The molecule has 0 amide bonds. The van der Waals surface area contributed by atoms with Gasteiger partial charge in [0.2, 0.25) is 0 Å². The van der Waals surface area contributed by atoms with E-state index in [9.17, 15) is 0 Å². The van der Waals surface area contributed by atoms with Gasteiger partial charge in [-0.1, -0.05) is 29.7 Å². The topological polar surface area (TPSA) is 12.0 Å². The van der Waals surface area contributed by atoms with Crippen molar-refractivity contribution in [3.8, 4) is 0 Å². The maximum absolute atomic E-state index is 5.33. The molecule has 1 aromatic rings. The first-order valence-corrected chi connectivity index (χ1v) is 3.60. The molecule has 1 N–H and O–H groups in total. The highest BCUT2D eigenvalue weighted by Crippen LogP contribution is 1.95. The van der Waals surface area contributed by atoms with Crippen LogP contribution in [0.2, 0.25) is 0 Å². The van der Waals surface area contributed by atoms with Crippen LogP contribution in [0.25, 0.3) is 0 Å². The lowest BCUT2D eigenvalue weighted by Crippen LogP contribution is -2.03. The predicted molar refractivity (Wildman–Crippen MR) is 47.3 cm³/mol. The van der Waals surface area contributed by atoms with Crippen molar-refractivity contribution >= 4 is 25.1 Å². The average molecular weight is 153 g/mol. The largest absolute Gasteiger partial charge is 0.229 e. The van der Waals surface area contributed by atoms with Gasteiger partial charge in [-0.2, -0.15) is 0 Å². The maximum atomic E-state index is 5.33. The van der Waals surface area contributed by atoms with Gasteiger partial charge in [0.15, 0.2) is 0 Å². The van der Waals surface area contributed by atoms with Crippen LogP contribution in [0, 0.1) is 0 Å². The van der Waals surface area contributed by atoms with E-state index in [0.29, 0.717) is 0 Å². The predicted octanol–water partition coefficient (Wildman–Crippen LogP) is 0.188. The molecule has 0 bridgehead atoms.